The van der Waals surface area contributed by atoms with Gasteiger partial charge in [-0.05, 0) is 37.8 Å². The van der Waals surface area contributed by atoms with Gasteiger partial charge in [0.25, 0.3) is 5.91 Å². The molecule has 4 N–H and O–H groups in total. The fraction of sp³-hybridized carbons (Fsp3) is 0.353. The summed E-state index contributed by atoms with van der Waals surface area (Å²) in [6.45, 7) is 0. The Morgan fingerprint density at radius 1 is 1.12 bits per heavy atom. The van der Waals surface area contributed by atoms with Crippen LogP contribution >= 0.6 is 0 Å². The monoisotopic (exact) mass is 327 g/mol. The first-order valence-electron chi connectivity index (χ1n) is 8.12. The second-order valence-electron chi connectivity index (χ2n) is 5.76. The summed E-state index contributed by atoms with van der Waals surface area (Å²) in [5.41, 5.74) is 12.2. The lowest BCUT2D eigenvalue weighted by molar-refractivity contribution is 0.0962. The zero-order chi connectivity index (χ0) is 16.8. The van der Waals surface area contributed by atoms with Crippen molar-refractivity contribution in [2.24, 2.45) is 0 Å². The highest BCUT2D eigenvalue weighted by atomic mass is 16.5. The first-order chi connectivity index (χ1) is 11.7. The van der Waals surface area contributed by atoms with Gasteiger partial charge in [-0.25, -0.2) is 4.98 Å². The van der Waals surface area contributed by atoms with Crippen LogP contribution < -0.4 is 21.3 Å². The lowest BCUT2D eigenvalue weighted by Gasteiger charge is -2.23. The van der Waals surface area contributed by atoms with E-state index in [1.807, 2.05) is 6.07 Å². The molecule has 0 spiro atoms. The first-order valence-corrected chi connectivity index (χ1v) is 8.12. The summed E-state index contributed by atoms with van der Waals surface area (Å²) in [6, 6.07) is 8.88. The summed E-state index contributed by atoms with van der Waals surface area (Å²) >= 11 is 0. The van der Waals surface area contributed by atoms with Crippen molar-refractivity contribution in [3.63, 3.8) is 0 Å². The zero-order valence-corrected chi connectivity index (χ0v) is 13.4. The minimum Gasteiger partial charge on any atom is -0.473 e. The largest absolute Gasteiger partial charge is 0.473 e. The molecule has 1 amide bonds. The minimum atomic E-state index is -0.275. The van der Waals surface area contributed by atoms with Gasteiger partial charge < -0.3 is 10.5 Å². The van der Waals surface area contributed by atoms with Crippen LogP contribution in [0.5, 0.6) is 5.88 Å². The molecule has 1 heterocycles. The SMILES string of the molecule is Nc1c(NNC(=O)c2ccccc2)ncnc1OC1CCCCC1. The smallest absolute Gasteiger partial charge is 0.269 e. The molecule has 3 rings (SSSR count). The number of carbonyl (C=O) groups excluding carboxylic acids is 1. The Hall–Kier alpha value is -2.83. The molecular formula is C17H21N5O2. The number of benzene rings is 1. The fourth-order valence-electron chi connectivity index (χ4n) is 2.69. The highest BCUT2D eigenvalue weighted by Gasteiger charge is 2.18. The Balaban J connectivity index is 1.63. The Bertz CT molecular complexity index is 687. The number of nitrogens with two attached hydrogens (primary N) is 1. The maximum atomic E-state index is 12.0. The van der Waals surface area contributed by atoms with E-state index in [1.54, 1.807) is 24.3 Å². The van der Waals surface area contributed by atoms with Crippen LogP contribution in [0.2, 0.25) is 0 Å². The number of aromatic nitrogens is 2. The molecule has 1 aromatic heterocycles. The molecule has 0 unspecified atom stereocenters. The van der Waals surface area contributed by atoms with E-state index in [9.17, 15) is 4.79 Å². The van der Waals surface area contributed by atoms with Gasteiger partial charge in [0.1, 0.15) is 18.1 Å². The quantitative estimate of drug-likeness (QED) is 0.729. The third kappa shape index (κ3) is 3.92. The predicted molar refractivity (Wildman–Crippen MR) is 91.5 cm³/mol. The number of hydrogen-bond donors (Lipinski definition) is 3. The van der Waals surface area contributed by atoms with Gasteiger partial charge in [-0.15, -0.1) is 0 Å². The molecule has 24 heavy (non-hydrogen) atoms. The molecule has 7 heteroatoms. The van der Waals surface area contributed by atoms with Gasteiger partial charge in [0.15, 0.2) is 5.82 Å². The van der Waals surface area contributed by atoms with Crippen molar-refractivity contribution >= 4 is 17.4 Å². The molecule has 0 aliphatic heterocycles. The maximum absolute atomic E-state index is 12.0. The van der Waals surface area contributed by atoms with Crippen LogP contribution in [0.4, 0.5) is 11.5 Å². The van der Waals surface area contributed by atoms with E-state index in [4.69, 9.17) is 10.5 Å². The second kappa shape index (κ2) is 7.63. The first kappa shape index (κ1) is 16.0. The van der Waals surface area contributed by atoms with Crippen molar-refractivity contribution in [2.45, 2.75) is 38.2 Å². The van der Waals surface area contributed by atoms with Crippen molar-refractivity contribution in [3.8, 4) is 5.88 Å². The van der Waals surface area contributed by atoms with E-state index in [2.05, 4.69) is 20.8 Å². The molecule has 0 atom stereocenters. The lowest BCUT2D eigenvalue weighted by Crippen LogP contribution is -2.30. The third-order valence-electron chi connectivity index (χ3n) is 4.01. The van der Waals surface area contributed by atoms with Crippen LogP contribution in [0, 0.1) is 0 Å². The van der Waals surface area contributed by atoms with Crippen LogP contribution in [0.25, 0.3) is 0 Å². The Morgan fingerprint density at radius 2 is 1.88 bits per heavy atom. The molecule has 1 aliphatic carbocycles. The van der Waals surface area contributed by atoms with E-state index >= 15 is 0 Å². The molecule has 1 saturated carbocycles. The van der Waals surface area contributed by atoms with E-state index in [-0.39, 0.29) is 17.7 Å². The maximum Gasteiger partial charge on any atom is 0.269 e. The fourth-order valence-corrected chi connectivity index (χ4v) is 2.69. The van der Waals surface area contributed by atoms with Gasteiger partial charge in [0.05, 0.1) is 0 Å². The van der Waals surface area contributed by atoms with Crippen molar-refractivity contribution < 1.29 is 9.53 Å². The number of carbonyl (C=O) groups is 1. The Morgan fingerprint density at radius 3 is 2.62 bits per heavy atom. The summed E-state index contributed by atoms with van der Waals surface area (Å²) in [6.07, 6.45) is 7.10. The lowest BCUT2D eigenvalue weighted by atomic mass is 9.98. The number of amides is 1. The normalized spacial score (nSPS) is 14.8. The van der Waals surface area contributed by atoms with Gasteiger partial charge in [0, 0.05) is 5.56 Å². The average Bonchev–Trinajstić information content (AvgIpc) is 2.64. The van der Waals surface area contributed by atoms with Gasteiger partial charge >= 0.3 is 0 Å². The third-order valence-corrected chi connectivity index (χ3v) is 4.01. The molecule has 1 aliphatic rings. The van der Waals surface area contributed by atoms with Crippen LogP contribution in [0.3, 0.4) is 0 Å². The molecule has 0 bridgehead atoms. The van der Waals surface area contributed by atoms with E-state index in [0.29, 0.717) is 17.3 Å². The molecule has 0 radical (unpaired) electrons. The zero-order valence-electron chi connectivity index (χ0n) is 13.4. The molecule has 1 fully saturated rings. The van der Waals surface area contributed by atoms with E-state index < -0.39 is 0 Å². The van der Waals surface area contributed by atoms with Gasteiger partial charge in [-0.1, -0.05) is 24.6 Å². The van der Waals surface area contributed by atoms with Gasteiger partial charge in [-0.2, -0.15) is 4.98 Å². The topological polar surface area (TPSA) is 102 Å². The van der Waals surface area contributed by atoms with Crippen LogP contribution in [0.15, 0.2) is 36.7 Å². The van der Waals surface area contributed by atoms with Crippen molar-refractivity contribution in [3.05, 3.63) is 42.2 Å². The van der Waals surface area contributed by atoms with Crippen LogP contribution in [-0.4, -0.2) is 22.0 Å². The minimum absolute atomic E-state index is 0.141. The molecule has 1 aromatic carbocycles. The second-order valence-corrected chi connectivity index (χ2v) is 5.76. The number of nitrogens with zero attached hydrogens (tertiary/aromatic N) is 2. The van der Waals surface area contributed by atoms with E-state index in [0.717, 1.165) is 25.7 Å². The number of nitrogens with one attached hydrogen (secondary N) is 2. The standard InChI is InChI=1S/C17H21N5O2/c18-14-15(21-22-16(23)12-7-3-1-4-8-12)19-11-20-17(14)24-13-9-5-2-6-10-13/h1,3-4,7-8,11,13H,2,5-6,9-10,18H2,(H,22,23)(H,19,20,21). The average molecular weight is 327 g/mol. The summed E-state index contributed by atoms with van der Waals surface area (Å²) in [4.78, 5) is 20.2. The number of hydrogen-bond acceptors (Lipinski definition) is 6. The van der Waals surface area contributed by atoms with Crippen LogP contribution in [-0.2, 0) is 0 Å². The molecule has 7 nitrogen and oxygen atoms in total. The van der Waals surface area contributed by atoms with Crippen molar-refractivity contribution in [2.75, 3.05) is 11.2 Å². The van der Waals surface area contributed by atoms with Crippen molar-refractivity contribution in [1.82, 2.24) is 15.4 Å². The van der Waals surface area contributed by atoms with E-state index in [1.165, 1.54) is 12.7 Å². The number of ether oxygens (including phenoxy) is 1. The number of nitrogen functional groups attached to an aromatic ring is 1. The molecule has 126 valence electrons. The molecule has 0 saturated heterocycles. The number of hydrazine groups is 1. The highest BCUT2D eigenvalue weighted by molar-refractivity contribution is 5.95. The molecule has 2 aromatic rings. The predicted octanol–water partition coefficient (Wildman–Crippen LogP) is 2.53. The summed E-state index contributed by atoms with van der Waals surface area (Å²) in [5.74, 6) is 0.400. The summed E-state index contributed by atoms with van der Waals surface area (Å²) in [7, 11) is 0. The van der Waals surface area contributed by atoms with Gasteiger partial charge in [0.2, 0.25) is 5.88 Å². The van der Waals surface area contributed by atoms with Gasteiger partial charge in [-0.3, -0.25) is 15.6 Å². The Labute approximate surface area is 140 Å². The number of anilines is 2. The highest BCUT2D eigenvalue weighted by Crippen LogP contribution is 2.28. The Kier molecular flexibility index (Phi) is 5.10. The molecular weight excluding hydrogens is 306 g/mol. The van der Waals surface area contributed by atoms with Crippen LogP contribution in [0.1, 0.15) is 42.5 Å². The summed E-state index contributed by atoms with van der Waals surface area (Å²) < 4.78 is 5.89. The van der Waals surface area contributed by atoms with Crippen molar-refractivity contribution in [1.29, 1.82) is 0 Å². The number of rotatable bonds is 5. The summed E-state index contributed by atoms with van der Waals surface area (Å²) in [5, 5.41) is 0.